The predicted molar refractivity (Wildman–Crippen MR) is 109 cm³/mol. The third-order valence-electron chi connectivity index (χ3n) is 5.90. The lowest BCUT2D eigenvalue weighted by molar-refractivity contribution is 0.170. The summed E-state index contributed by atoms with van der Waals surface area (Å²) >= 11 is 0. The van der Waals surface area contributed by atoms with E-state index in [2.05, 4.69) is 52.3 Å². The van der Waals surface area contributed by atoms with Gasteiger partial charge in [-0.2, -0.15) is 5.10 Å². The van der Waals surface area contributed by atoms with Crippen LogP contribution < -0.4 is 5.32 Å². The third-order valence-corrected chi connectivity index (χ3v) is 5.90. The van der Waals surface area contributed by atoms with Crippen LogP contribution in [-0.2, 0) is 19.4 Å². The predicted octanol–water partition coefficient (Wildman–Crippen LogP) is 3.60. The number of nitrogens with one attached hydrogen (secondary N) is 1. The fourth-order valence-electron chi connectivity index (χ4n) is 4.42. The summed E-state index contributed by atoms with van der Waals surface area (Å²) in [5.74, 6) is 0.899. The molecule has 4 nitrogen and oxygen atoms in total. The first-order valence-corrected chi connectivity index (χ1v) is 9.87. The van der Waals surface area contributed by atoms with Gasteiger partial charge in [0.25, 0.3) is 0 Å². The molecule has 0 unspecified atom stereocenters. The topological polar surface area (TPSA) is 33.1 Å². The maximum atomic E-state index is 5.03. The summed E-state index contributed by atoms with van der Waals surface area (Å²) in [4.78, 5) is 2.62. The molecular formula is C21H31ClN4. The molecule has 0 bridgehead atoms. The van der Waals surface area contributed by atoms with Gasteiger partial charge in [0.15, 0.2) is 0 Å². The fourth-order valence-corrected chi connectivity index (χ4v) is 4.42. The number of halogens is 1. The molecule has 0 amide bonds. The molecule has 2 aliphatic rings. The van der Waals surface area contributed by atoms with E-state index in [1.165, 1.54) is 74.3 Å². The van der Waals surface area contributed by atoms with E-state index in [1.54, 1.807) is 0 Å². The molecule has 0 spiro atoms. The van der Waals surface area contributed by atoms with Gasteiger partial charge in [-0.05, 0) is 88.8 Å². The van der Waals surface area contributed by atoms with Crippen LogP contribution in [0.3, 0.4) is 0 Å². The first kappa shape index (κ1) is 19.4. The van der Waals surface area contributed by atoms with Crippen LogP contribution in [0.5, 0.6) is 0 Å². The highest BCUT2D eigenvalue weighted by Crippen LogP contribution is 2.29. The molecule has 0 atom stereocenters. The molecule has 0 radical (unpaired) electrons. The largest absolute Gasteiger partial charge is 0.320 e. The van der Waals surface area contributed by atoms with Gasteiger partial charge in [0, 0.05) is 12.2 Å². The molecule has 2 aromatic rings. The minimum absolute atomic E-state index is 0. The number of hydrogen-bond acceptors (Lipinski definition) is 3. The van der Waals surface area contributed by atoms with Crippen LogP contribution in [0.2, 0.25) is 0 Å². The second-order valence-electron chi connectivity index (χ2n) is 7.58. The average Bonchev–Trinajstić information content (AvgIpc) is 3.26. The number of para-hydroxylation sites is 1. The van der Waals surface area contributed by atoms with Crippen LogP contribution in [0.15, 0.2) is 30.3 Å². The SMILES string of the molecule is CNCCC1CCN(Cc2nn(-c3ccccc3)c3c2CCC3)CC1.Cl. The maximum Gasteiger partial charge on any atom is 0.0804 e. The molecule has 1 N–H and O–H groups in total. The van der Waals surface area contributed by atoms with Crippen molar-refractivity contribution in [1.29, 1.82) is 0 Å². The summed E-state index contributed by atoms with van der Waals surface area (Å²) in [7, 11) is 2.05. The molecule has 1 fully saturated rings. The van der Waals surface area contributed by atoms with E-state index in [1.807, 2.05) is 0 Å². The lowest BCUT2D eigenvalue weighted by Crippen LogP contribution is -2.34. The zero-order valence-electron chi connectivity index (χ0n) is 15.8. The van der Waals surface area contributed by atoms with Crippen molar-refractivity contribution in [2.45, 2.75) is 45.1 Å². The van der Waals surface area contributed by atoms with E-state index >= 15 is 0 Å². The second-order valence-corrected chi connectivity index (χ2v) is 7.58. The van der Waals surface area contributed by atoms with Crippen LogP contribution in [-0.4, -0.2) is 41.4 Å². The second kappa shape index (κ2) is 9.03. The Kier molecular flexibility index (Phi) is 6.74. The van der Waals surface area contributed by atoms with Crippen LogP contribution in [0.1, 0.15) is 42.6 Å². The number of nitrogens with zero attached hydrogens (tertiary/aromatic N) is 3. The zero-order valence-corrected chi connectivity index (χ0v) is 16.6. The van der Waals surface area contributed by atoms with E-state index in [-0.39, 0.29) is 12.4 Å². The summed E-state index contributed by atoms with van der Waals surface area (Å²) < 4.78 is 2.21. The van der Waals surface area contributed by atoms with E-state index in [0.717, 1.165) is 19.0 Å². The standard InChI is InChI=1S/C21H30N4.ClH/c1-22-13-10-17-11-14-24(15-12-17)16-20-19-8-5-9-21(19)25(23-20)18-6-3-2-4-7-18;/h2-4,6-7,17,22H,5,8-16H2,1H3;1H. The number of hydrogen-bond donors (Lipinski definition) is 1. The van der Waals surface area contributed by atoms with Crippen molar-refractivity contribution in [3.05, 3.63) is 47.3 Å². The van der Waals surface area contributed by atoms with Gasteiger partial charge in [-0.15, -0.1) is 12.4 Å². The van der Waals surface area contributed by atoms with Gasteiger partial charge in [0.1, 0.15) is 0 Å². The number of aromatic nitrogens is 2. The highest BCUT2D eigenvalue weighted by molar-refractivity contribution is 5.85. The maximum absolute atomic E-state index is 5.03. The van der Waals surface area contributed by atoms with Crippen molar-refractivity contribution in [2.24, 2.45) is 5.92 Å². The third kappa shape index (κ3) is 4.13. The Balaban J connectivity index is 0.00000196. The summed E-state index contributed by atoms with van der Waals surface area (Å²) in [5.41, 5.74) is 5.51. The molecule has 0 saturated carbocycles. The van der Waals surface area contributed by atoms with E-state index in [9.17, 15) is 0 Å². The summed E-state index contributed by atoms with van der Waals surface area (Å²) in [6.45, 7) is 4.63. The molecule has 1 saturated heterocycles. The highest BCUT2D eigenvalue weighted by atomic mass is 35.5. The van der Waals surface area contributed by atoms with Gasteiger partial charge in [0.2, 0.25) is 0 Å². The molecule has 5 heteroatoms. The normalized spacial score (nSPS) is 17.9. The van der Waals surface area contributed by atoms with Crippen LogP contribution in [0.25, 0.3) is 5.69 Å². The Morgan fingerprint density at radius 1 is 1.12 bits per heavy atom. The number of likely N-dealkylation sites (tertiary alicyclic amines) is 1. The smallest absolute Gasteiger partial charge is 0.0804 e. The van der Waals surface area contributed by atoms with Crippen LogP contribution >= 0.6 is 12.4 Å². The summed E-state index contributed by atoms with van der Waals surface area (Å²) in [6.07, 6.45) is 7.65. The van der Waals surface area contributed by atoms with Gasteiger partial charge < -0.3 is 5.32 Å². The van der Waals surface area contributed by atoms with Crippen molar-refractivity contribution in [3.8, 4) is 5.69 Å². The van der Waals surface area contributed by atoms with Crippen LogP contribution in [0.4, 0.5) is 0 Å². The summed E-state index contributed by atoms with van der Waals surface area (Å²) in [6, 6.07) is 10.6. The van der Waals surface area contributed by atoms with Gasteiger partial charge in [-0.25, -0.2) is 4.68 Å². The highest BCUT2D eigenvalue weighted by Gasteiger charge is 2.26. The van der Waals surface area contributed by atoms with Gasteiger partial charge >= 0.3 is 0 Å². The minimum atomic E-state index is 0. The Hall–Kier alpha value is -1.36. The fraction of sp³-hybridized carbons (Fsp3) is 0.571. The van der Waals surface area contributed by atoms with Gasteiger partial charge in [-0.3, -0.25) is 4.90 Å². The van der Waals surface area contributed by atoms with E-state index in [4.69, 9.17) is 5.10 Å². The quantitative estimate of drug-likeness (QED) is 0.838. The molecule has 142 valence electrons. The van der Waals surface area contributed by atoms with Gasteiger partial charge in [-0.1, -0.05) is 18.2 Å². The first-order valence-electron chi connectivity index (χ1n) is 9.87. The molecule has 1 aromatic carbocycles. The first-order chi connectivity index (χ1) is 12.3. The molecule has 1 aliphatic carbocycles. The Bertz CT molecular complexity index is 690. The van der Waals surface area contributed by atoms with E-state index < -0.39 is 0 Å². The van der Waals surface area contributed by atoms with Crippen molar-refractivity contribution in [2.75, 3.05) is 26.7 Å². The molecule has 1 aliphatic heterocycles. The molecule has 2 heterocycles. The number of benzene rings is 1. The van der Waals surface area contributed by atoms with Crippen LogP contribution in [0, 0.1) is 5.92 Å². The molecule has 4 rings (SSSR count). The summed E-state index contributed by atoms with van der Waals surface area (Å²) in [5, 5.41) is 8.32. The Morgan fingerprint density at radius 3 is 2.62 bits per heavy atom. The van der Waals surface area contributed by atoms with Crippen molar-refractivity contribution >= 4 is 12.4 Å². The zero-order chi connectivity index (χ0) is 17.1. The van der Waals surface area contributed by atoms with Crippen molar-refractivity contribution < 1.29 is 0 Å². The lowest BCUT2D eigenvalue weighted by Gasteiger charge is -2.31. The monoisotopic (exact) mass is 374 g/mol. The Morgan fingerprint density at radius 2 is 1.88 bits per heavy atom. The molecule has 1 aromatic heterocycles. The van der Waals surface area contributed by atoms with Gasteiger partial charge in [0.05, 0.1) is 11.4 Å². The number of fused-ring (bicyclic) bond motifs is 1. The minimum Gasteiger partial charge on any atom is -0.320 e. The molecule has 26 heavy (non-hydrogen) atoms. The van der Waals surface area contributed by atoms with E-state index in [0.29, 0.717) is 0 Å². The Labute approximate surface area is 163 Å². The van der Waals surface area contributed by atoms with Crippen molar-refractivity contribution in [3.63, 3.8) is 0 Å². The van der Waals surface area contributed by atoms with Crippen molar-refractivity contribution in [1.82, 2.24) is 20.0 Å². The molecular weight excluding hydrogens is 344 g/mol. The number of piperidine rings is 1. The number of rotatable bonds is 6. The lowest BCUT2D eigenvalue weighted by atomic mass is 9.93. The average molecular weight is 375 g/mol.